The minimum absolute atomic E-state index is 0.0540. The lowest BCUT2D eigenvalue weighted by molar-refractivity contribution is -0.193. The monoisotopic (exact) mass is 667 g/mol. The zero-order chi connectivity index (χ0) is 34.6. The van der Waals surface area contributed by atoms with Crippen molar-refractivity contribution in [1.82, 2.24) is 14.9 Å². The molecule has 0 saturated carbocycles. The second-order valence-corrected chi connectivity index (χ2v) is 9.26. The fourth-order valence-electron chi connectivity index (χ4n) is 3.69. The van der Waals surface area contributed by atoms with Crippen molar-refractivity contribution in [3.05, 3.63) is 54.0 Å². The van der Waals surface area contributed by atoms with Gasteiger partial charge in [0.1, 0.15) is 6.10 Å². The molecule has 2 aliphatic heterocycles. The Balaban J connectivity index is 0.000000396. The van der Waals surface area contributed by atoms with Gasteiger partial charge in [-0.15, -0.1) is 0 Å². The molecule has 45 heavy (non-hydrogen) atoms. The number of nitrogens with zero attached hydrogens (tertiary/aromatic N) is 3. The summed E-state index contributed by atoms with van der Waals surface area (Å²) in [6.07, 6.45) is -11.4. The molecule has 2 saturated heterocycles. The Bertz CT molecular complexity index is 1200. The molecule has 0 bridgehead atoms. The molecule has 3 N–H and O–H groups in total. The third-order valence-corrected chi connectivity index (χ3v) is 5.46. The lowest BCUT2D eigenvalue weighted by atomic mass is 9.84. The van der Waals surface area contributed by atoms with Gasteiger partial charge < -0.3 is 24.8 Å². The van der Waals surface area contributed by atoms with Gasteiger partial charge >= 0.3 is 36.4 Å². The number of aromatic nitrogens is 2. The molecule has 1 atom stereocenters. The normalized spacial score (nSPS) is 17.5. The molecular weight excluding hydrogens is 641 g/mol. The molecule has 1 unspecified atom stereocenters. The Morgan fingerprint density at radius 3 is 1.82 bits per heavy atom. The van der Waals surface area contributed by atoms with Crippen LogP contribution in [0.5, 0.6) is 5.88 Å². The highest BCUT2D eigenvalue weighted by atomic mass is 19.4. The van der Waals surface area contributed by atoms with Gasteiger partial charge in [-0.3, -0.25) is 9.88 Å². The molecule has 1 spiro atoms. The summed E-state index contributed by atoms with van der Waals surface area (Å²) in [5, 5.41) is 21.4. The van der Waals surface area contributed by atoms with Gasteiger partial charge in [0.25, 0.3) is 0 Å². The van der Waals surface area contributed by atoms with Gasteiger partial charge in [-0.25, -0.2) is 19.4 Å². The quantitative estimate of drug-likeness (QED) is 0.394. The molecule has 0 aliphatic carbocycles. The Hall–Kier alpha value is -4.20. The predicted octanol–water partition coefficient (Wildman–Crippen LogP) is 4.50. The maximum absolute atomic E-state index is 10.6. The number of halogens is 9. The number of aliphatic carboxylic acids is 3. The van der Waals surface area contributed by atoms with Crippen molar-refractivity contribution in [2.24, 2.45) is 0 Å². The molecule has 2 aromatic rings. The van der Waals surface area contributed by atoms with Crippen LogP contribution in [0, 0.1) is 6.92 Å². The standard InChI is InChI=1S/C19H23N3O2.3C2HF3O2/c1-15-5-4-6-16(21-15)12-22-13-19(14-22)11-17(8-10-23-19)24-18-7-2-3-9-20-18;3*3-2(4,5)1(6)7/h2-7,9,17H,8,10-14H2,1H3;3*(H,6,7). The zero-order valence-electron chi connectivity index (χ0n) is 23.0. The Labute approximate surface area is 248 Å². The fourth-order valence-corrected chi connectivity index (χ4v) is 3.69. The highest BCUT2D eigenvalue weighted by Crippen LogP contribution is 2.36. The number of carbonyl (C=O) groups is 3. The van der Waals surface area contributed by atoms with Crippen molar-refractivity contribution in [2.75, 3.05) is 19.7 Å². The number of hydrogen-bond donors (Lipinski definition) is 3. The number of carboxylic acids is 3. The molecule has 252 valence electrons. The largest absolute Gasteiger partial charge is 0.490 e. The minimum Gasteiger partial charge on any atom is -0.475 e. The van der Waals surface area contributed by atoms with E-state index in [1.807, 2.05) is 31.2 Å². The zero-order valence-corrected chi connectivity index (χ0v) is 23.0. The van der Waals surface area contributed by atoms with E-state index in [-0.39, 0.29) is 11.7 Å². The Morgan fingerprint density at radius 1 is 0.889 bits per heavy atom. The van der Waals surface area contributed by atoms with E-state index in [2.05, 4.69) is 27.0 Å². The smallest absolute Gasteiger partial charge is 0.475 e. The van der Waals surface area contributed by atoms with Crippen LogP contribution in [0.4, 0.5) is 39.5 Å². The van der Waals surface area contributed by atoms with Crippen LogP contribution in [0.3, 0.4) is 0 Å². The van der Waals surface area contributed by atoms with Crippen LogP contribution >= 0.6 is 0 Å². The lowest BCUT2D eigenvalue weighted by Crippen LogP contribution is -2.65. The maximum Gasteiger partial charge on any atom is 0.490 e. The minimum atomic E-state index is -5.08. The molecule has 2 fully saturated rings. The van der Waals surface area contributed by atoms with E-state index < -0.39 is 36.4 Å². The van der Waals surface area contributed by atoms with Crippen molar-refractivity contribution < 1.29 is 78.7 Å². The first kappa shape index (κ1) is 38.8. The van der Waals surface area contributed by atoms with Crippen LogP contribution in [0.25, 0.3) is 0 Å². The van der Waals surface area contributed by atoms with Crippen molar-refractivity contribution in [1.29, 1.82) is 0 Å². The number of ether oxygens (including phenoxy) is 2. The second kappa shape index (κ2) is 16.2. The summed E-state index contributed by atoms with van der Waals surface area (Å²) >= 11 is 0. The number of pyridine rings is 2. The van der Waals surface area contributed by atoms with Crippen LogP contribution in [-0.2, 0) is 25.7 Å². The second-order valence-electron chi connectivity index (χ2n) is 9.26. The van der Waals surface area contributed by atoms with Gasteiger partial charge in [0, 0.05) is 50.4 Å². The average molecular weight is 667 g/mol. The molecule has 2 aliphatic rings. The molecule has 2 aromatic heterocycles. The first-order chi connectivity index (χ1) is 20.5. The molecule has 0 amide bonds. The van der Waals surface area contributed by atoms with Crippen molar-refractivity contribution >= 4 is 17.9 Å². The summed E-state index contributed by atoms with van der Waals surface area (Å²) in [5.74, 6) is -7.56. The number of carboxylic acid groups (broad SMARTS) is 3. The number of aryl methyl sites for hydroxylation is 1. The fraction of sp³-hybridized carbons (Fsp3) is 0.480. The summed E-state index contributed by atoms with van der Waals surface area (Å²) in [6.45, 7) is 5.58. The molecule has 4 rings (SSSR count). The summed E-state index contributed by atoms with van der Waals surface area (Å²) < 4.78 is 107. The summed E-state index contributed by atoms with van der Waals surface area (Å²) in [6, 6.07) is 12.0. The Morgan fingerprint density at radius 2 is 1.40 bits per heavy atom. The number of rotatable bonds is 4. The highest BCUT2D eigenvalue weighted by Gasteiger charge is 2.48. The molecule has 0 radical (unpaired) electrons. The third-order valence-electron chi connectivity index (χ3n) is 5.46. The van der Waals surface area contributed by atoms with Crippen molar-refractivity contribution in [3.8, 4) is 5.88 Å². The number of hydrogen-bond acceptors (Lipinski definition) is 8. The molecule has 20 heteroatoms. The van der Waals surface area contributed by atoms with Gasteiger partial charge in [-0.2, -0.15) is 39.5 Å². The molecule has 11 nitrogen and oxygen atoms in total. The van der Waals surface area contributed by atoms with Gasteiger partial charge in [0.05, 0.1) is 17.9 Å². The Kier molecular flexibility index (Phi) is 14.0. The maximum atomic E-state index is 10.6. The molecule has 0 aromatic carbocycles. The van der Waals surface area contributed by atoms with Crippen LogP contribution in [0.2, 0.25) is 0 Å². The van der Waals surface area contributed by atoms with E-state index in [0.29, 0.717) is 5.88 Å². The van der Waals surface area contributed by atoms with E-state index in [0.717, 1.165) is 50.5 Å². The summed E-state index contributed by atoms with van der Waals surface area (Å²) in [5.41, 5.74) is 2.14. The van der Waals surface area contributed by atoms with Crippen LogP contribution in [0.15, 0.2) is 42.6 Å². The lowest BCUT2D eigenvalue weighted by Gasteiger charge is -2.53. The van der Waals surface area contributed by atoms with E-state index in [9.17, 15) is 39.5 Å². The van der Waals surface area contributed by atoms with Crippen LogP contribution < -0.4 is 4.74 Å². The van der Waals surface area contributed by atoms with Crippen molar-refractivity contribution in [2.45, 2.75) is 56.5 Å². The van der Waals surface area contributed by atoms with E-state index in [4.69, 9.17) is 39.2 Å². The highest BCUT2D eigenvalue weighted by molar-refractivity contribution is 5.73. The van der Waals surface area contributed by atoms with Crippen molar-refractivity contribution in [3.63, 3.8) is 0 Å². The number of likely N-dealkylation sites (tertiary alicyclic amines) is 1. The van der Waals surface area contributed by atoms with E-state index >= 15 is 0 Å². The SMILES string of the molecule is Cc1cccc(CN2CC3(CC(Oc4ccccn4)CCO3)C2)n1.O=C(O)C(F)(F)F.O=C(O)C(F)(F)F.O=C(O)C(F)(F)F. The number of alkyl halides is 9. The first-order valence-electron chi connectivity index (χ1n) is 12.3. The van der Waals surface area contributed by atoms with Crippen LogP contribution in [0.1, 0.15) is 24.2 Å². The van der Waals surface area contributed by atoms with Gasteiger partial charge in [-0.1, -0.05) is 12.1 Å². The van der Waals surface area contributed by atoms with E-state index in [1.165, 1.54) is 0 Å². The molecule has 4 heterocycles. The van der Waals surface area contributed by atoms with Gasteiger partial charge in [0.15, 0.2) is 0 Å². The van der Waals surface area contributed by atoms with Gasteiger partial charge in [-0.05, 0) is 25.1 Å². The summed E-state index contributed by atoms with van der Waals surface area (Å²) in [4.78, 5) is 37.9. The topological polar surface area (TPSA) is 159 Å². The van der Waals surface area contributed by atoms with Gasteiger partial charge in [0.2, 0.25) is 5.88 Å². The third kappa shape index (κ3) is 14.9. The first-order valence-corrected chi connectivity index (χ1v) is 12.3. The van der Waals surface area contributed by atoms with Crippen LogP contribution in [-0.4, -0.2) is 98.0 Å². The molecular formula is C25H26F9N3O8. The predicted molar refractivity (Wildman–Crippen MR) is 132 cm³/mol. The van der Waals surface area contributed by atoms with E-state index in [1.54, 1.807) is 6.20 Å². The summed E-state index contributed by atoms with van der Waals surface area (Å²) in [7, 11) is 0. The average Bonchev–Trinajstić information content (AvgIpc) is 2.88.